The van der Waals surface area contributed by atoms with Crippen LogP contribution in [0, 0.1) is 5.82 Å². The van der Waals surface area contributed by atoms with Gasteiger partial charge in [0.05, 0.1) is 16.7 Å². The smallest absolute Gasteiger partial charge is 0.411 e. The lowest BCUT2D eigenvalue weighted by Gasteiger charge is -2.40. The summed E-state index contributed by atoms with van der Waals surface area (Å²) in [6.07, 6.45) is -12.4. The second-order valence-electron chi connectivity index (χ2n) is 6.62. The Bertz CT molecular complexity index is 1200. The maximum Gasteiger partial charge on any atom is 0.411 e. The van der Waals surface area contributed by atoms with Crippen molar-refractivity contribution in [3.63, 3.8) is 0 Å². The molecule has 0 aliphatic heterocycles. The van der Waals surface area contributed by atoms with Crippen LogP contribution in [0.2, 0.25) is 0 Å². The molecule has 0 spiro atoms. The molecule has 0 amide bonds. The number of alkyl halides is 5. The van der Waals surface area contributed by atoms with Crippen LogP contribution in [0.25, 0.3) is 0 Å². The molecule has 0 aromatic heterocycles. The number of rotatable bonds is 7. The Kier molecular flexibility index (Phi) is 6.40. The van der Waals surface area contributed by atoms with Crippen molar-refractivity contribution in [2.24, 2.45) is 0 Å². The Hall–Kier alpha value is -4.14. The molecule has 0 saturated carbocycles. The Balaban J connectivity index is 3.19. The lowest BCUT2D eigenvalue weighted by atomic mass is 9.70. The van der Waals surface area contributed by atoms with Gasteiger partial charge in [0.25, 0.3) is 0 Å². The number of benzene rings is 2. The predicted octanol–water partition coefficient (Wildman–Crippen LogP) is 3.05. The molecule has 15 heteroatoms. The first kappa shape index (κ1) is 26.1. The van der Waals surface area contributed by atoms with Crippen LogP contribution < -0.4 is 0 Å². The van der Waals surface area contributed by atoms with E-state index < -0.39 is 80.8 Å². The topological polar surface area (TPSA) is 169 Å². The number of aliphatic hydroxyl groups is 1. The zero-order valence-electron chi connectivity index (χ0n) is 16.0. The van der Waals surface area contributed by atoms with Gasteiger partial charge in [0, 0.05) is 5.56 Å². The summed E-state index contributed by atoms with van der Waals surface area (Å²) in [4.78, 5) is 45.0. The lowest BCUT2D eigenvalue weighted by molar-refractivity contribution is -0.321. The van der Waals surface area contributed by atoms with Gasteiger partial charge in [-0.15, -0.1) is 0 Å². The monoisotopic (exact) mass is 496 g/mol. The lowest BCUT2D eigenvalue weighted by Crippen LogP contribution is -2.57. The fourth-order valence-corrected chi connectivity index (χ4v) is 3.37. The SMILES string of the molecule is O=C(O)c1ccc(C(c2ccc(C(=O)O)c(C(=O)O)c2F)(C(O)(F)F)C(F)(F)F)cc1C(=O)O. The Morgan fingerprint density at radius 2 is 1.15 bits per heavy atom. The highest BCUT2D eigenvalue weighted by molar-refractivity contribution is 6.03. The van der Waals surface area contributed by atoms with Crippen LogP contribution in [0.1, 0.15) is 52.6 Å². The van der Waals surface area contributed by atoms with Gasteiger partial charge in [0.15, 0.2) is 0 Å². The molecule has 2 aromatic carbocycles. The van der Waals surface area contributed by atoms with E-state index in [1.54, 1.807) is 0 Å². The van der Waals surface area contributed by atoms with E-state index >= 15 is 4.39 Å². The fraction of sp³-hybridized carbons (Fsp3) is 0.158. The number of carboxylic acids is 4. The normalized spacial score (nSPS) is 13.7. The van der Waals surface area contributed by atoms with E-state index in [0.29, 0.717) is 0 Å². The molecule has 0 fully saturated rings. The molecule has 1 atom stereocenters. The summed E-state index contributed by atoms with van der Waals surface area (Å²) in [5, 5.41) is 45.6. The van der Waals surface area contributed by atoms with E-state index in [4.69, 9.17) is 20.4 Å². The third-order valence-corrected chi connectivity index (χ3v) is 4.78. The van der Waals surface area contributed by atoms with Gasteiger partial charge in [-0.1, -0.05) is 12.1 Å². The first-order valence-electron chi connectivity index (χ1n) is 8.47. The van der Waals surface area contributed by atoms with Crippen LogP contribution in [0.4, 0.5) is 26.3 Å². The number of halogens is 6. The zero-order chi connectivity index (χ0) is 26.4. The highest BCUT2D eigenvalue weighted by Gasteiger charge is 2.72. The van der Waals surface area contributed by atoms with Crippen LogP contribution in [0.5, 0.6) is 0 Å². The van der Waals surface area contributed by atoms with E-state index in [2.05, 4.69) is 0 Å². The van der Waals surface area contributed by atoms with Gasteiger partial charge in [-0.25, -0.2) is 23.6 Å². The first-order chi connectivity index (χ1) is 15.4. The third kappa shape index (κ3) is 3.89. The number of aromatic carboxylic acids is 4. The van der Waals surface area contributed by atoms with Gasteiger partial charge in [-0.2, -0.15) is 22.0 Å². The first-order valence-corrected chi connectivity index (χ1v) is 8.47. The number of carboxylic acid groups (broad SMARTS) is 4. The van der Waals surface area contributed by atoms with Crippen LogP contribution in [-0.4, -0.2) is 61.7 Å². The van der Waals surface area contributed by atoms with Crippen molar-refractivity contribution in [1.82, 2.24) is 0 Å². The van der Waals surface area contributed by atoms with Gasteiger partial charge in [-0.3, -0.25) is 0 Å². The molecule has 0 bridgehead atoms. The molecule has 1 unspecified atom stereocenters. The molecule has 0 aliphatic carbocycles. The molecule has 0 saturated heterocycles. The zero-order valence-corrected chi connectivity index (χ0v) is 16.0. The highest BCUT2D eigenvalue weighted by atomic mass is 19.4. The molecule has 0 aliphatic rings. The van der Waals surface area contributed by atoms with E-state index in [9.17, 15) is 46.2 Å². The number of hydrogen-bond acceptors (Lipinski definition) is 5. The van der Waals surface area contributed by atoms with Gasteiger partial charge in [-0.05, 0) is 23.8 Å². The minimum atomic E-state index is -6.40. The number of hydrogen-bond donors (Lipinski definition) is 5. The molecular weight excluding hydrogens is 486 g/mol. The molecular formula is C19H10F6O9. The quantitative estimate of drug-likeness (QED) is 0.362. The summed E-state index contributed by atoms with van der Waals surface area (Å²) < 4.78 is 86.7. The van der Waals surface area contributed by atoms with Crippen molar-refractivity contribution in [3.8, 4) is 0 Å². The van der Waals surface area contributed by atoms with Crippen LogP contribution in [-0.2, 0) is 5.41 Å². The van der Waals surface area contributed by atoms with Crippen molar-refractivity contribution in [3.05, 3.63) is 69.5 Å². The van der Waals surface area contributed by atoms with Crippen molar-refractivity contribution < 1.29 is 71.1 Å². The largest absolute Gasteiger partial charge is 0.478 e. The summed E-state index contributed by atoms with van der Waals surface area (Å²) in [6, 6.07) is -0.0869. The molecule has 0 heterocycles. The molecule has 34 heavy (non-hydrogen) atoms. The van der Waals surface area contributed by atoms with Crippen LogP contribution in [0.3, 0.4) is 0 Å². The van der Waals surface area contributed by atoms with Crippen LogP contribution in [0.15, 0.2) is 30.3 Å². The summed E-state index contributed by atoms with van der Waals surface area (Å²) >= 11 is 0. The summed E-state index contributed by atoms with van der Waals surface area (Å²) in [5.74, 6) is -11.4. The standard InChI is InChI=1S/C19H10F6O9/c20-12-10(4-3-8(14(28)29)11(12)16(32)33)17(18(21,22)23,19(24,25)34)6-1-2-7(13(26)27)9(5-6)15(30)31/h1-5,34H,(H,26,27)(H,28,29)(H,30,31)(H,32,33). The molecule has 2 rings (SSSR count). The fourth-order valence-electron chi connectivity index (χ4n) is 3.37. The Labute approximate surface area is 183 Å². The van der Waals surface area contributed by atoms with Crippen LogP contribution >= 0.6 is 0 Å². The van der Waals surface area contributed by atoms with Gasteiger partial charge in [0.2, 0.25) is 5.41 Å². The average molecular weight is 496 g/mol. The summed E-state index contributed by atoms with van der Waals surface area (Å²) in [5.41, 5.74) is -15.3. The Morgan fingerprint density at radius 1 is 0.676 bits per heavy atom. The predicted molar refractivity (Wildman–Crippen MR) is 94.7 cm³/mol. The van der Waals surface area contributed by atoms with E-state index in [0.717, 1.165) is 0 Å². The molecule has 0 radical (unpaired) electrons. The van der Waals surface area contributed by atoms with Crippen molar-refractivity contribution in [2.75, 3.05) is 0 Å². The van der Waals surface area contributed by atoms with Gasteiger partial charge < -0.3 is 25.5 Å². The minimum absolute atomic E-state index is 0.0263. The van der Waals surface area contributed by atoms with Gasteiger partial charge in [0.1, 0.15) is 11.4 Å². The minimum Gasteiger partial charge on any atom is -0.478 e. The summed E-state index contributed by atoms with van der Waals surface area (Å²) in [7, 11) is 0. The second kappa shape index (κ2) is 8.33. The van der Waals surface area contributed by atoms with Crippen molar-refractivity contribution >= 4 is 23.9 Å². The van der Waals surface area contributed by atoms with E-state index in [-0.39, 0.29) is 30.3 Å². The van der Waals surface area contributed by atoms with Crippen molar-refractivity contribution in [1.29, 1.82) is 0 Å². The highest BCUT2D eigenvalue weighted by Crippen LogP contribution is 2.55. The molecule has 2 aromatic rings. The van der Waals surface area contributed by atoms with E-state index in [1.165, 1.54) is 0 Å². The maximum absolute atomic E-state index is 15.1. The van der Waals surface area contributed by atoms with Gasteiger partial charge >= 0.3 is 36.2 Å². The Morgan fingerprint density at radius 3 is 1.53 bits per heavy atom. The maximum atomic E-state index is 15.1. The van der Waals surface area contributed by atoms with Crippen molar-refractivity contribution in [2.45, 2.75) is 17.7 Å². The average Bonchev–Trinajstić information content (AvgIpc) is 2.66. The molecule has 182 valence electrons. The molecule has 9 nitrogen and oxygen atoms in total. The summed E-state index contributed by atoms with van der Waals surface area (Å²) in [6.45, 7) is 0. The molecule has 5 N–H and O–H groups in total. The van der Waals surface area contributed by atoms with E-state index in [1.807, 2.05) is 0 Å². The number of carbonyl (C=O) groups is 4. The third-order valence-electron chi connectivity index (χ3n) is 4.78. The second-order valence-corrected chi connectivity index (χ2v) is 6.62.